The van der Waals surface area contributed by atoms with E-state index in [1.807, 2.05) is 24.0 Å². The van der Waals surface area contributed by atoms with Gasteiger partial charge in [0.2, 0.25) is 0 Å². The molecule has 0 radical (unpaired) electrons. The summed E-state index contributed by atoms with van der Waals surface area (Å²) in [5.41, 5.74) is 0.537. The smallest absolute Gasteiger partial charge is 0.274 e. The topological polar surface area (TPSA) is 46.3 Å². The minimum absolute atomic E-state index is 0.000967. The standard InChI is InChI=1S/C15H16N2O2S/c1-3-8-17(11-6-7-11)15(18)13-10(2)20-14(16-13)12-5-4-9-19-12/h3-5,9,11H,1,6-8H2,2H3. The monoisotopic (exact) mass is 288 g/mol. The van der Waals surface area contributed by atoms with Gasteiger partial charge < -0.3 is 9.32 Å². The van der Waals surface area contributed by atoms with Crippen molar-refractivity contribution in [3.63, 3.8) is 0 Å². The molecular formula is C15H16N2O2S. The fraction of sp³-hybridized carbons (Fsp3) is 0.333. The zero-order chi connectivity index (χ0) is 14.1. The van der Waals surface area contributed by atoms with Crippen LogP contribution in [0.4, 0.5) is 0 Å². The first kappa shape index (κ1) is 13.1. The van der Waals surface area contributed by atoms with Crippen LogP contribution in [0.3, 0.4) is 0 Å². The maximum Gasteiger partial charge on any atom is 0.274 e. The lowest BCUT2D eigenvalue weighted by atomic mass is 10.3. The van der Waals surface area contributed by atoms with Gasteiger partial charge in [-0.2, -0.15) is 0 Å². The van der Waals surface area contributed by atoms with Crippen LogP contribution in [0, 0.1) is 6.92 Å². The molecule has 3 rings (SSSR count). The fourth-order valence-electron chi connectivity index (χ4n) is 2.16. The van der Waals surface area contributed by atoms with E-state index in [0.717, 1.165) is 22.7 Å². The number of aromatic nitrogens is 1. The number of rotatable bonds is 5. The largest absolute Gasteiger partial charge is 0.462 e. The molecule has 0 aliphatic heterocycles. The summed E-state index contributed by atoms with van der Waals surface area (Å²) in [4.78, 5) is 19.9. The molecule has 1 fully saturated rings. The summed E-state index contributed by atoms with van der Waals surface area (Å²) in [6, 6.07) is 4.03. The third-order valence-corrected chi connectivity index (χ3v) is 4.29. The molecule has 2 aromatic rings. The first-order chi connectivity index (χ1) is 9.70. The van der Waals surface area contributed by atoms with E-state index in [1.165, 1.54) is 11.3 Å². The summed E-state index contributed by atoms with van der Waals surface area (Å²) in [6.45, 7) is 6.24. The number of thiazole rings is 1. The van der Waals surface area contributed by atoms with Crippen LogP contribution < -0.4 is 0 Å². The second kappa shape index (κ2) is 5.25. The maximum absolute atomic E-state index is 12.6. The second-order valence-corrected chi connectivity index (χ2v) is 6.08. The van der Waals surface area contributed by atoms with Crippen molar-refractivity contribution >= 4 is 17.2 Å². The highest BCUT2D eigenvalue weighted by Gasteiger charge is 2.34. The zero-order valence-corrected chi connectivity index (χ0v) is 12.2. The summed E-state index contributed by atoms with van der Waals surface area (Å²) in [7, 11) is 0. The van der Waals surface area contributed by atoms with E-state index >= 15 is 0 Å². The van der Waals surface area contributed by atoms with Gasteiger partial charge in [0.05, 0.1) is 6.26 Å². The number of furan rings is 1. The van der Waals surface area contributed by atoms with E-state index in [2.05, 4.69) is 11.6 Å². The Morgan fingerprint density at radius 2 is 2.45 bits per heavy atom. The summed E-state index contributed by atoms with van der Waals surface area (Å²) in [6.07, 6.45) is 5.54. The van der Waals surface area contributed by atoms with Gasteiger partial charge >= 0.3 is 0 Å². The molecule has 20 heavy (non-hydrogen) atoms. The van der Waals surface area contributed by atoms with Gasteiger partial charge in [-0.15, -0.1) is 17.9 Å². The Bertz CT molecular complexity index is 626. The van der Waals surface area contributed by atoms with Crippen molar-refractivity contribution in [3.8, 4) is 10.8 Å². The summed E-state index contributed by atoms with van der Waals surface area (Å²) >= 11 is 1.49. The number of aryl methyl sites for hydroxylation is 1. The molecule has 0 bridgehead atoms. The molecule has 0 spiro atoms. The lowest BCUT2D eigenvalue weighted by Crippen LogP contribution is -2.33. The number of carbonyl (C=O) groups excluding carboxylic acids is 1. The van der Waals surface area contributed by atoms with Crippen LogP contribution in [0.25, 0.3) is 10.8 Å². The maximum atomic E-state index is 12.6. The van der Waals surface area contributed by atoms with Gasteiger partial charge in [0.1, 0.15) is 5.69 Å². The first-order valence-electron chi connectivity index (χ1n) is 6.64. The molecular weight excluding hydrogens is 272 g/mol. The minimum Gasteiger partial charge on any atom is -0.462 e. The molecule has 0 atom stereocenters. The predicted molar refractivity (Wildman–Crippen MR) is 78.8 cm³/mol. The van der Waals surface area contributed by atoms with Crippen LogP contribution in [-0.4, -0.2) is 28.4 Å². The number of hydrogen-bond donors (Lipinski definition) is 0. The molecule has 1 aliphatic carbocycles. The SMILES string of the molecule is C=CCN(C(=O)c1nc(-c2ccco2)sc1C)C1CC1. The lowest BCUT2D eigenvalue weighted by Gasteiger charge is -2.19. The Labute approximate surface area is 121 Å². The van der Waals surface area contributed by atoms with Crippen molar-refractivity contribution < 1.29 is 9.21 Å². The number of amides is 1. The van der Waals surface area contributed by atoms with Crippen LogP contribution in [-0.2, 0) is 0 Å². The van der Waals surface area contributed by atoms with Crippen LogP contribution in [0.1, 0.15) is 28.2 Å². The molecule has 4 nitrogen and oxygen atoms in total. The van der Waals surface area contributed by atoms with Gasteiger partial charge in [0.15, 0.2) is 10.8 Å². The van der Waals surface area contributed by atoms with Gasteiger partial charge in [-0.1, -0.05) is 6.08 Å². The Morgan fingerprint density at radius 1 is 1.65 bits per heavy atom. The van der Waals surface area contributed by atoms with Crippen LogP contribution in [0.2, 0.25) is 0 Å². The number of nitrogens with zero attached hydrogens (tertiary/aromatic N) is 2. The van der Waals surface area contributed by atoms with Gasteiger partial charge in [-0.25, -0.2) is 4.98 Å². The van der Waals surface area contributed by atoms with E-state index in [9.17, 15) is 4.79 Å². The summed E-state index contributed by atoms with van der Waals surface area (Å²) in [5, 5.41) is 0.755. The van der Waals surface area contributed by atoms with E-state index in [4.69, 9.17) is 4.42 Å². The molecule has 1 aliphatic rings. The van der Waals surface area contributed by atoms with Crippen molar-refractivity contribution in [2.45, 2.75) is 25.8 Å². The summed E-state index contributed by atoms with van der Waals surface area (Å²) in [5.74, 6) is 0.706. The molecule has 104 valence electrons. The van der Waals surface area contributed by atoms with Crippen molar-refractivity contribution in [1.82, 2.24) is 9.88 Å². The minimum atomic E-state index is -0.000967. The molecule has 0 aromatic carbocycles. The van der Waals surface area contributed by atoms with Crippen LogP contribution >= 0.6 is 11.3 Å². The van der Waals surface area contributed by atoms with E-state index < -0.39 is 0 Å². The van der Waals surface area contributed by atoms with Crippen LogP contribution in [0.5, 0.6) is 0 Å². The molecule has 1 saturated carbocycles. The molecule has 5 heteroatoms. The Hall–Kier alpha value is -1.88. The predicted octanol–water partition coefficient (Wildman–Crippen LogP) is 3.50. The highest BCUT2D eigenvalue weighted by atomic mass is 32.1. The molecule has 0 unspecified atom stereocenters. The van der Waals surface area contributed by atoms with Crippen molar-refractivity contribution in [2.75, 3.05) is 6.54 Å². The molecule has 1 amide bonds. The van der Waals surface area contributed by atoms with Crippen molar-refractivity contribution in [1.29, 1.82) is 0 Å². The Morgan fingerprint density at radius 3 is 3.05 bits per heavy atom. The second-order valence-electron chi connectivity index (χ2n) is 4.88. The number of carbonyl (C=O) groups is 1. The van der Waals surface area contributed by atoms with Gasteiger partial charge in [0, 0.05) is 17.5 Å². The average molecular weight is 288 g/mol. The van der Waals surface area contributed by atoms with Gasteiger partial charge in [-0.3, -0.25) is 4.79 Å². The third kappa shape index (κ3) is 2.41. The van der Waals surface area contributed by atoms with Gasteiger partial charge in [-0.05, 0) is 31.9 Å². The summed E-state index contributed by atoms with van der Waals surface area (Å²) < 4.78 is 5.34. The van der Waals surface area contributed by atoms with E-state index in [-0.39, 0.29) is 5.91 Å². The van der Waals surface area contributed by atoms with E-state index in [1.54, 1.807) is 12.3 Å². The first-order valence-corrected chi connectivity index (χ1v) is 7.45. The van der Waals surface area contributed by atoms with Crippen molar-refractivity contribution in [2.24, 2.45) is 0 Å². The number of hydrogen-bond acceptors (Lipinski definition) is 4. The van der Waals surface area contributed by atoms with E-state index in [0.29, 0.717) is 24.0 Å². The van der Waals surface area contributed by atoms with Gasteiger partial charge in [0.25, 0.3) is 5.91 Å². The quantitative estimate of drug-likeness (QED) is 0.791. The highest BCUT2D eigenvalue weighted by molar-refractivity contribution is 7.15. The molecule has 0 N–H and O–H groups in total. The normalized spacial score (nSPS) is 14.2. The molecule has 2 aromatic heterocycles. The Kier molecular flexibility index (Phi) is 3.44. The Balaban J connectivity index is 1.89. The lowest BCUT2D eigenvalue weighted by molar-refractivity contribution is 0.0757. The fourth-order valence-corrected chi connectivity index (χ4v) is 3.03. The highest BCUT2D eigenvalue weighted by Crippen LogP contribution is 2.32. The zero-order valence-electron chi connectivity index (χ0n) is 11.3. The van der Waals surface area contributed by atoms with Crippen molar-refractivity contribution in [3.05, 3.63) is 41.6 Å². The molecule has 0 saturated heterocycles. The average Bonchev–Trinajstić information content (AvgIpc) is 2.98. The molecule has 2 heterocycles. The van der Waals surface area contributed by atoms with Crippen LogP contribution in [0.15, 0.2) is 35.5 Å². The third-order valence-electron chi connectivity index (χ3n) is 3.31.